The maximum absolute atomic E-state index is 13.4. The molecular formula is C19H19F4N3O3. The first-order valence-electron chi connectivity index (χ1n) is 8.94. The van der Waals surface area contributed by atoms with Gasteiger partial charge in [-0.3, -0.25) is 9.59 Å². The second-order valence-electron chi connectivity index (χ2n) is 7.00. The molecule has 6 nitrogen and oxygen atoms in total. The predicted molar refractivity (Wildman–Crippen MR) is 93.4 cm³/mol. The van der Waals surface area contributed by atoms with Crippen LogP contribution in [0, 0.1) is 12.7 Å². The highest BCUT2D eigenvalue weighted by Crippen LogP contribution is 2.25. The highest BCUT2D eigenvalue weighted by Gasteiger charge is 2.38. The fraction of sp³-hybridized carbons (Fsp3) is 0.421. The number of amides is 2. The van der Waals surface area contributed by atoms with Gasteiger partial charge in [0.15, 0.2) is 0 Å². The Morgan fingerprint density at radius 2 is 2.07 bits per heavy atom. The summed E-state index contributed by atoms with van der Waals surface area (Å²) >= 11 is 0. The van der Waals surface area contributed by atoms with Crippen LogP contribution in [0.15, 0.2) is 22.7 Å². The van der Waals surface area contributed by atoms with E-state index < -0.39 is 18.1 Å². The lowest BCUT2D eigenvalue weighted by Gasteiger charge is -2.26. The van der Waals surface area contributed by atoms with E-state index in [1.165, 1.54) is 17.0 Å². The zero-order chi connectivity index (χ0) is 21.3. The third kappa shape index (κ3) is 4.57. The molecule has 0 aliphatic carbocycles. The fourth-order valence-corrected chi connectivity index (χ4v) is 3.05. The lowest BCUT2D eigenvalue weighted by Crippen LogP contribution is -2.43. The molecule has 1 aliphatic rings. The maximum Gasteiger partial charge on any atom is 0.408 e. The van der Waals surface area contributed by atoms with E-state index in [-0.39, 0.29) is 30.5 Å². The van der Waals surface area contributed by atoms with Crippen molar-refractivity contribution in [3.8, 4) is 0 Å². The molecule has 156 valence electrons. The molecule has 1 atom stereocenters. The predicted octanol–water partition coefficient (Wildman–Crippen LogP) is 2.93. The number of hydrogen-bond donors (Lipinski definition) is 1. The molecule has 2 aromatic rings. The van der Waals surface area contributed by atoms with Gasteiger partial charge in [-0.15, -0.1) is 0 Å². The molecule has 3 rings (SSSR count). The van der Waals surface area contributed by atoms with Gasteiger partial charge in [-0.2, -0.15) is 13.2 Å². The summed E-state index contributed by atoms with van der Waals surface area (Å²) in [5.41, 5.74) is 1.80. The van der Waals surface area contributed by atoms with Crippen LogP contribution in [-0.4, -0.2) is 40.6 Å². The molecule has 29 heavy (non-hydrogen) atoms. The SMILES string of the molecule is Cc1cc(CC(=O)N2CCc3noc(C(=O)N[C@H](C)C(F)(F)F)c3C2)ccc1F. The summed E-state index contributed by atoms with van der Waals surface area (Å²) in [5.74, 6) is -1.98. The molecule has 1 N–H and O–H groups in total. The van der Waals surface area contributed by atoms with Crippen molar-refractivity contribution in [2.45, 2.75) is 45.5 Å². The standard InChI is InChI=1S/C19H19F4N3O3/c1-10-7-12(3-4-14(10)20)8-16(27)26-6-5-15-13(9-26)17(29-25-15)18(28)24-11(2)19(21,22)23/h3-4,7,11H,5-6,8-9H2,1-2H3,(H,24,28)/t11-/m1/s1. The minimum atomic E-state index is -4.59. The maximum atomic E-state index is 13.4. The summed E-state index contributed by atoms with van der Waals surface area (Å²) in [4.78, 5) is 26.3. The molecule has 0 bridgehead atoms. The molecule has 1 aliphatic heterocycles. The number of alkyl halides is 3. The van der Waals surface area contributed by atoms with Crippen LogP contribution in [0.4, 0.5) is 17.6 Å². The summed E-state index contributed by atoms with van der Waals surface area (Å²) in [6.45, 7) is 2.75. The molecule has 0 unspecified atom stereocenters. The number of fused-ring (bicyclic) bond motifs is 1. The molecule has 1 aromatic heterocycles. The first kappa shape index (κ1) is 20.8. The topological polar surface area (TPSA) is 75.4 Å². The quantitative estimate of drug-likeness (QED) is 0.783. The Morgan fingerprint density at radius 3 is 2.72 bits per heavy atom. The lowest BCUT2D eigenvalue weighted by atomic mass is 10.0. The molecule has 0 radical (unpaired) electrons. The largest absolute Gasteiger partial charge is 0.408 e. The van der Waals surface area contributed by atoms with Gasteiger partial charge in [0.2, 0.25) is 11.7 Å². The third-order valence-electron chi connectivity index (χ3n) is 4.81. The van der Waals surface area contributed by atoms with Crippen molar-refractivity contribution >= 4 is 11.8 Å². The molecule has 2 amide bonds. The van der Waals surface area contributed by atoms with E-state index >= 15 is 0 Å². The Balaban J connectivity index is 1.71. The number of halogens is 4. The van der Waals surface area contributed by atoms with Gasteiger partial charge in [-0.25, -0.2) is 4.39 Å². The van der Waals surface area contributed by atoms with Crippen LogP contribution in [-0.2, 0) is 24.2 Å². The number of hydrogen-bond acceptors (Lipinski definition) is 4. The van der Waals surface area contributed by atoms with Crippen LogP contribution < -0.4 is 5.32 Å². The van der Waals surface area contributed by atoms with Gasteiger partial charge < -0.3 is 14.7 Å². The molecule has 2 heterocycles. The Bertz CT molecular complexity index is 939. The summed E-state index contributed by atoms with van der Waals surface area (Å²) in [6.07, 6.45) is -4.24. The number of rotatable bonds is 4. The number of nitrogens with zero attached hydrogens (tertiary/aromatic N) is 2. The van der Waals surface area contributed by atoms with Crippen LogP contribution >= 0.6 is 0 Å². The van der Waals surface area contributed by atoms with Crippen molar-refractivity contribution in [3.05, 3.63) is 52.2 Å². The van der Waals surface area contributed by atoms with Gasteiger partial charge in [-0.05, 0) is 31.0 Å². The van der Waals surface area contributed by atoms with E-state index in [1.54, 1.807) is 13.0 Å². The zero-order valence-electron chi connectivity index (χ0n) is 15.8. The average molecular weight is 413 g/mol. The number of aromatic nitrogens is 1. The van der Waals surface area contributed by atoms with Gasteiger partial charge in [0.25, 0.3) is 5.91 Å². The third-order valence-corrected chi connectivity index (χ3v) is 4.81. The first-order valence-corrected chi connectivity index (χ1v) is 8.94. The van der Waals surface area contributed by atoms with Crippen LogP contribution in [0.25, 0.3) is 0 Å². The number of benzene rings is 1. The average Bonchev–Trinajstić information content (AvgIpc) is 3.07. The minimum Gasteiger partial charge on any atom is -0.350 e. The van der Waals surface area contributed by atoms with Crippen LogP contribution in [0.3, 0.4) is 0 Å². The van der Waals surface area contributed by atoms with Crippen molar-refractivity contribution in [2.24, 2.45) is 0 Å². The summed E-state index contributed by atoms with van der Waals surface area (Å²) in [5, 5.41) is 5.58. The minimum absolute atomic E-state index is 0.000988. The van der Waals surface area contributed by atoms with Crippen molar-refractivity contribution in [1.82, 2.24) is 15.4 Å². The van der Waals surface area contributed by atoms with Crippen molar-refractivity contribution in [3.63, 3.8) is 0 Å². The molecule has 0 saturated carbocycles. The number of nitrogens with one attached hydrogen (secondary N) is 1. The smallest absolute Gasteiger partial charge is 0.350 e. The summed E-state index contributed by atoms with van der Waals surface area (Å²) in [6, 6.07) is 2.33. The Morgan fingerprint density at radius 1 is 1.34 bits per heavy atom. The van der Waals surface area contributed by atoms with Crippen molar-refractivity contribution < 1.29 is 31.7 Å². The monoisotopic (exact) mass is 413 g/mol. The molecule has 0 saturated heterocycles. The van der Waals surface area contributed by atoms with Crippen LogP contribution in [0.1, 0.15) is 39.9 Å². The highest BCUT2D eigenvalue weighted by atomic mass is 19.4. The van der Waals surface area contributed by atoms with E-state index in [9.17, 15) is 27.2 Å². The van der Waals surface area contributed by atoms with Gasteiger partial charge in [-0.1, -0.05) is 17.3 Å². The number of carbonyl (C=O) groups excluding carboxylic acids is 2. The lowest BCUT2D eigenvalue weighted by molar-refractivity contribution is -0.149. The van der Waals surface area contributed by atoms with Gasteiger partial charge in [0, 0.05) is 18.5 Å². The van der Waals surface area contributed by atoms with Crippen LogP contribution in [0.2, 0.25) is 0 Å². The van der Waals surface area contributed by atoms with E-state index in [0.29, 0.717) is 35.3 Å². The fourth-order valence-electron chi connectivity index (χ4n) is 3.05. The van der Waals surface area contributed by atoms with E-state index in [0.717, 1.165) is 6.92 Å². The molecular weight excluding hydrogens is 394 g/mol. The highest BCUT2D eigenvalue weighted by molar-refractivity contribution is 5.93. The molecule has 0 fully saturated rings. The van der Waals surface area contributed by atoms with Gasteiger partial charge >= 0.3 is 6.18 Å². The van der Waals surface area contributed by atoms with E-state index in [4.69, 9.17) is 4.52 Å². The zero-order valence-corrected chi connectivity index (χ0v) is 15.8. The molecule has 1 aromatic carbocycles. The van der Waals surface area contributed by atoms with Gasteiger partial charge in [0.05, 0.1) is 18.7 Å². The van der Waals surface area contributed by atoms with Crippen molar-refractivity contribution in [2.75, 3.05) is 6.54 Å². The summed E-state index contributed by atoms with van der Waals surface area (Å²) < 4.78 is 56.4. The molecule has 0 spiro atoms. The Hall–Kier alpha value is -2.91. The van der Waals surface area contributed by atoms with E-state index in [1.807, 2.05) is 5.32 Å². The first-order chi connectivity index (χ1) is 13.6. The Labute approximate surface area is 163 Å². The van der Waals surface area contributed by atoms with E-state index in [2.05, 4.69) is 5.16 Å². The molecule has 10 heteroatoms. The normalized spacial score (nSPS) is 15.0. The van der Waals surface area contributed by atoms with Crippen LogP contribution in [0.5, 0.6) is 0 Å². The second kappa shape index (κ2) is 7.84. The summed E-state index contributed by atoms with van der Waals surface area (Å²) in [7, 11) is 0. The number of carbonyl (C=O) groups is 2. The second-order valence-corrected chi connectivity index (χ2v) is 7.00. The number of aryl methyl sites for hydroxylation is 1. The Kier molecular flexibility index (Phi) is 5.63. The van der Waals surface area contributed by atoms with Crippen molar-refractivity contribution in [1.29, 1.82) is 0 Å². The van der Waals surface area contributed by atoms with Gasteiger partial charge in [0.1, 0.15) is 11.9 Å².